The number of nitriles is 1. The van der Waals surface area contributed by atoms with Crippen LogP contribution < -0.4 is 19.5 Å². The molecule has 0 amide bonds. The minimum Gasteiger partial charge on any atom is -0.493 e. The van der Waals surface area contributed by atoms with Gasteiger partial charge in [-0.25, -0.2) is 0 Å². The van der Waals surface area contributed by atoms with Gasteiger partial charge in [0.05, 0.1) is 29.9 Å². The monoisotopic (exact) mass is 742 g/mol. The van der Waals surface area contributed by atoms with Crippen LogP contribution in [0.5, 0.6) is 17.2 Å². The SMILES string of the molecule is Cc1cc(COc2cc(OCc3cncc(C#N)c3)c(CN[C@](C)(CO)C(=O)O)cc2Cl)c(C)c(-c2cccc(OCCCN3CC[C@@H](O)C3)c2C)c1. The van der Waals surface area contributed by atoms with Crippen molar-refractivity contribution in [3.8, 4) is 34.4 Å². The van der Waals surface area contributed by atoms with E-state index < -0.39 is 18.1 Å². The zero-order chi connectivity index (χ0) is 38.1. The molecule has 0 unspecified atom stereocenters. The maximum absolute atomic E-state index is 11.8. The van der Waals surface area contributed by atoms with E-state index in [0.29, 0.717) is 39.8 Å². The van der Waals surface area contributed by atoms with E-state index >= 15 is 0 Å². The Morgan fingerprint density at radius 3 is 2.53 bits per heavy atom. The van der Waals surface area contributed by atoms with Gasteiger partial charge in [0, 0.05) is 55.8 Å². The third-order valence-electron chi connectivity index (χ3n) is 9.63. The van der Waals surface area contributed by atoms with E-state index in [1.165, 1.54) is 13.1 Å². The van der Waals surface area contributed by atoms with Crippen LogP contribution in [0.1, 0.15) is 58.7 Å². The molecule has 1 saturated heterocycles. The highest BCUT2D eigenvalue weighted by Gasteiger charge is 2.32. The molecule has 11 nitrogen and oxygen atoms in total. The Hall–Kier alpha value is -4.70. The fourth-order valence-electron chi connectivity index (χ4n) is 6.30. The first-order chi connectivity index (χ1) is 25.4. The summed E-state index contributed by atoms with van der Waals surface area (Å²) in [6.07, 6.45) is 4.55. The standard InChI is InChI=1S/C41H47ClN4O7/c1-26-13-32(27(2)35(14-26)34-7-5-8-37(28(34)3)51-12-6-10-46-11-9-33(48)22-46)24-53-39-17-38(52-23-30-15-29(18-43)19-44-20-30)31(16-36(39)42)21-45-41(4,25-47)40(49)50/h5,7-8,13-17,19-20,33,45,47-48H,6,9-12,21-25H2,1-4H3,(H,49,50)/t33-,41-/m1/s1. The van der Waals surface area contributed by atoms with Crippen molar-refractivity contribution in [1.29, 1.82) is 5.26 Å². The molecule has 2 atom stereocenters. The van der Waals surface area contributed by atoms with Gasteiger partial charge in [-0.05, 0) is 86.6 Å². The van der Waals surface area contributed by atoms with Crippen LogP contribution in [-0.4, -0.2) is 75.7 Å². The molecule has 0 bridgehead atoms. The molecule has 0 spiro atoms. The topological polar surface area (TPSA) is 157 Å². The van der Waals surface area contributed by atoms with Crippen LogP contribution >= 0.6 is 11.6 Å². The number of carbonyl (C=O) groups is 1. The summed E-state index contributed by atoms with van der Waals surface area (Å²) in [5.74, 6) is 0.395. The van der Waals surface area contributed by atoms with E-state index in [-0.39, 0.29) is 25.9 Å². The van der Waals surface area contributed by atoms with Crippen LogP contribution in [0.4, 0.5) is 0 Å². The number of benzene rings is 3. The van der Waals surface area contributed by atoms with Gasteiger partial charge in [-0.15, -0.1) is 0 Å². The molecular formula is C41H47ClN4O7. The number of aryl methyl sites for hydroxylation is 1. The van der Waals surface area contributed by atoms with Gasteiger partial charge in [-0.2, -0.15) is 5.26 Å². The molecule has 5 rings (SSSR count). The van der Waals surface area contributed by atoms with Gasteiger partial charge in [0.1, 0.15) is 42.1 Å². The zero-order valence-corrected chi connectivity index (χ0v) is 31.4. The van der Waals surface area contributed by atoms with Gasteiger partial charge in [0.25, 0.3) is 0 Å². The lowest BCUT2D eigenvalue weighted by Gasteiger charge is -2.25. The molecule has 1 aliphatic heterocycles. The number of carboxylic acid groups (broad SMARTS) is 1. The number of pyridine rings is 1. The molecule has 1 aliphatic rings. The van der Waals surface area contributed by atoms with Crippen LogP contribution in [0.15, 0.2) is 60.9 Å². The Labute approximate surface area is 315 Å². The van der Waals surface area contributed by atoms with Crippen LogP contribution in [0, 0.1) is 32.1 Å². The Morgan fingerprint density at radius 1 is 1.02 bits per heavy atom. The number of aliphatic hydroxyl groups is 2. The van der Waals surface area contributed by atoms with Gasteiger partial charge in [0.2, 0.25) is 0 Å². The highest BCUT2D eigenvalue weighted by Crippen LogP contribution is 2.37. The van der Waals surface area contributed by atoms with E-state index in [0.717, 1.165) is 71.6 Å². The minimum atomic E-state index is -1.59. The second-order valence-electron chi connectivity index (χ2n) is 13.8. The Bertz CT molecular complexity index is 1970. The number of aromatic nitrogens is 1. The fraction of sp³-hybridized carbons (Fsp3) is 0.390. The van der Waals surface area contributed by atoms with Crippen molar-refractivity contribution < 1.29 is 34.3 Å². The van der Waals surface area contributed by atoms with Gasteiger partial charge in [-0.3, -0.25) is 15.1 Å². The van der Waals surface area contributed by atoms with E-state index in [2.05, 4.69) is 53.3 Å². The first-order valence-electron chi connectivity index (χ1n) is 17.7. The quantitative estimate of drug-likeness (QED) is 0.0925. The van der Waals surface area contributed by atoms with Gasteiger partial charge >= 0.3 is 5.97 Å². The summed E-state index contributed by atoms with van der Waals surface area (Å²) in [5.41, 5.74) is 6.32. The number of likely N-dealkylation sites (tertiary alicyclic amines) is 1. The Kier molecular flexibility index (Phi) is 13.3. The lowest BCUT2D eigenvalue weighted by Crippen LogP contribution is -2.52. The number of aliphatic hydroxyl groups excluding tert-OH is 2. The second kappa shape index (κ2) is 17.9. The molecule has 12 heteroatoms. The molecule has 4 aromatic rings. The van der Waals surface area contributed by atoms with Crippen molar-refractivity contribution in [2.45, 2.75) is 71.9 Å². The van der Waals surface area contributed by atoms with Crippen LogP contribution in [-0.2, 0) is 24.6 Å². The van der Waals surface area contributed by atoms with E-state index in [4.69, 9.17) is 25.8 Å². The molecular weight excluding hydrogens is 696 g/mol. The summed E-state index contributed by atoms with van der Waals surface area (Å²) in [6.45, 7) is 10.4. The molecule has 2 heterocycles. The van der Waals surface area contributed by atoms with Crippen molar-refractivity contribution in [3.63, 3.8) is 0 Å². The molecule has 1 aromatic heterocycles. The molecule has 0 radical (unpaired) electrons. The highest BCUT2D eigenvalue weighted by atomic mass is 35.5. The lowest BCUT2D eigenvalue weighted by molar-refractivity contribution is -0.145. The third kappa shape index (κ3) is 10.0. The van der Waals surface area contributed by atoms with Gasteiger partial charge in [0.15, 0.2) is 0 Å². The number of nitrogens with zero attached hydrogens (tertiary/aromatic N) is 3. The summed E-state index contributed by atoms with van der Waals surface area (Å²) in [4.78, 5) is 18.2. The largest absolute Gasteiger partial charge is 0.493 e. The number of rotatable bonds is 17. The maximum atomic E-state index is 11.8. The lowest BCUT2D eigenvalue weighted by atomic mass is 9.91. The number of ether oxygens (including phenoxy) is 3. The smallest absolute Gasteiger partial charge is 0.326 e. The van der Waals surface area contributed by atoms with Crippen LogP contribution in [0.2, 0.25) is 5.02 Å². The molecule has 280 valence electrons. The van der Waals surface area contributed by atoms with Gasteiger partial charge < -0.3 is 34.4 Å². The number of hydrogen-bond donors (Lipinski definition) is 4. The van der Waals surface area contributed by atoms with Crippen molar-refractivity contribution >= 4 is 17.6 Å². The summed E-state index contributed by atoms with van der Waals surface area (Å²) in [5, 5.41) is 41.7. The molecule has 53 heavy (non-hydrogen) atoms. The Balaban J connectivity index is 1.35. The normalized spacial score (nSPS) is 15.5. The molecule has 0 saturated carbocycles. The summed E-state index contributed by atoms with van der Waals surface area (Å²) in [7, 11) is 0. The zero-order valence-electron chi connectivity index (χ0n) is 30.6. The predicted octanol–water partition coefficient (Wildman–Crippen LogP) is 6.12. The average molecular weight is 743 g/mol. The molecule has 1 fully saturated rings. The first-order valence-corrected chi connectivity index (χ1v) is 18.0. The number of aliphatic carboxylic acids is 1. The van der Waals surface area contributed by atoms with Crippen LogP contribution in [0.3, 0.4) is 0 Å². The molecule has 0 aliphatic carbocycles. The first kappa shape index (κ1) is 39.5. The van der Waals surface area contributed by atoms with Crippen molar-refractivity contribution in [1.82, 2.24) is 15.2 Å². The number of nitrogens with one attached hydrogen (secondary N) is 1. The number of carboxylic acids is 1. The number of hydrogen-bond acceptors (Lipinski definition) is 10. The summed E-state index contributed by atoms with van der Waals surface area (Å²) >= 11 is 6.75. The van der Waals surface area contributed by atoms with E-state index in [1.54, 1.807) is 24.4 Å². The maximum Gasteiger partial charge on any atom is 0.326 e. The fourth-order valence-corrected chi connectivity index (χ4v) is 6.55. The Morgan fingerprint density at radius 2 is 1.81 bits per heavy atom. The third-order valence-corrected chi connectivity index (χ3v) is 9.93. The highest BCUT2D eigenvalue weighted by molar-refractivity contribution is 6.32. The molecule has 3 aromatic carbocycles. The number of β-amino-alcohol motifs (C(OH)–C–C–N with tert-alkyl or cyclic N) is 1. The molecule has 4 N–H and O–H groups in total. The second-order valence-corrected chi connectivity index (χ2v) is 14.2. The van der Waals surface area contributed by atoms with Crippen molar-refractivity contribution in [3.05, 3.63) is 105 Å². The summed E-state index contributed by atoms with van der Waals surface area (Å²) in [6, 6.07) is 17.4. The van der Waals surface area contributed by atoms with Crippen molar-refractivity contribution in [2.24, 2.45) is 0 Å². The minimum absolute atomic E-state index is 0.0280. The van der Waals surface area contributed by atoms with E-state index in [9.17, 15) is 25.4 Å². The number of halogens is 1. The predicted molar refractivity (Wildman–Crippen MR) is 202 cm³/mol. The van der Waals surface area contributed by atoms with E-state index in [1.807, 2.05) is 19.1 Å². The summed E-state index contributed by atoms with van der Waals surface area (Å²) < 4.78 is 18.8. The van der Waals surface area contributed by atoms with Gasteiger partial charge in [-0.1, -0.05) is 41.4 Å². The van der Waals surface area contributed by atoms with Crippen molar-refractivity contribution in [2.75, 3.05) is 32.8 Å². The van der Waals surface area contributed by atoms with Crippen LogP contribution in [0.25, 0.3) is 11.1 Å². The average Bonchev–Trinajstić information content (AvgIpc) is 3.57.